The first-order valence-electron chi connectivity index (χ1n) is 7.12. The molecule has 1 fully saturated rings. The molecule has 0 atom stereocenters. The number of benzene rings is 1. The number of carbonyl (C=O) groups is 1. The average molecular weight is 340 g/mol. The lowest BCUT2D eigenvalue weighted by atomic mass is 9.99. The van der Waals surface area contributed by atoms with Crippen LogP contribution in [0.2, 0.25) is 0 Å². The predicted molar refractivity (Wildman–Crippen MR) is 85.7 cm³/mol. The first-order chi connectivity index (χ1) is 9.56. The van der Waals surface area contributed by atoms with Gasteiger partial charge in [0, 0.05) is 28.8 Å². The fourth-order valence-electron chi connectivity index (χ4n) is 2.40. The molecule has 1 heterocycles. The summed E-state index contributed by atoms with van der Waals surface area (Å²) in [5.74, 6) is 0.779. The summed E-state index contributed by atoms with van der Waals surface area (Å²) in [5, 5.41) is 2.95. The largest absolute Gasteiger partial charge is 0.398 e. The van der Waals surface area contributed by atoms with Gasteiger partial charge in [-0.2, -0.15) is 0 Å². The van der Waals surface area contributed by atoms with Crippen LogP contribution in [0.4, 0.5) is 5.69 Å². The Morgan fingerprint density at radius 3 is 2.80 bits per heavy atom. The van der Waals surface area contributed by atoms with Crippen molar-refractivity contribution in [1.29, 1.82) is 0 Å². The second-order valence-electron chi connectivity index (χ2n) is 5.52. The highest BCUT2D eigenvalue weighted by molar-refractivity contribution is 9.10. The molecule has 0 aliphatic carbocycles. The van der Waals surface area contributed by atoms with E-state index >= 15 is 0 Å². The molecule has 1 aromatic carbocycles. The lowest BCUT2D eigenvalue weighted by Crippen LogP contribution is -2.39. The van der Waals surface area contributed by atoms with Gasteiger partial charge >= 0.3 is 0 Å². The fraction of sp³-hybridized carbons (Fsp3) is 0.533. The maximum absolute atomic E-state index is 12.0. The molecule has 110 valence electrons. The molecule has 3 N–H and O–H groups in total. The molecule has 1 amide bonds. The predicted octanol–water partition coefficient (Wildman–Crippen LogP) is 2.49. The highest BCUT2D eigenvalue weighted by atomic mass is 79.9. The summed E-state index contributed by atoms with van der Waals surface area (Å²) in [7, 11) is 0. The third kappa shape index (κ3) is 4.21. The Bertz CT molecular complexity index is 470. The normalized spacial score (nSPS) is 17.1. The number of rotatable bonds is 4. The number of anilines is 1. The second kappa shape index (κ2) is 7.09. The molecule has 0 bridgehead atoms. The van der Waals surface area contributed by atoms with Crippen LogP contribution < -0.4 is 11.1 Å². The van der Waals surface area contributed by atoms with Gasteiger partial charge in [-0.1, -0.05) is 6.92 Å². The molecule has 5 heteroatoms. The Morgan fingerprint density at radius 1 is 1.45 bits per heavy atom. The molecule has 0 saturated carbocycles. The maximum atomic E-state index is 12.0. The lowest BCUT2D eigenvalue weighted by Gasteiger charge is -2.30. The number of hydrogen-bond donors (Lipinski definition) is 2. The van der Waals surface area contributed by atoms with E-state index < -0.39 is 0 Å². The van der Waals surface area contributed by atoms with Gasteiger partial charge in [0.25, 0.3) is 5.91 Å². The van der Waals surface area contributed by atoms with E-state index in [4.69, 9.17) is 5.73 Å². The first kappa shape index (κ1) is 15.3. The summed E-state index contributed by atoms with van der Waals surface area (Å²) in [4.78, 5) is 14.4. The summed E-state index contributed by atoms with van der Waals surface area (Å²) in [5.41, 5.74) is 6.98. The van der Waals surface area contributed by atoms with E-state index in [1.54, 1.807) is 18.2 Å². The van der Waals surface area contributed by atoms with E-state index in [9.17, 15) is 4.79 Å². The number of piperidine rings is 1. The van der Waals surface area contributed by atoms with E-state index in [-0.39, 0.29) is 5.91 Å². The SMILES string of the molecule is CC1CCN(CCNC(=O)c2ccc(Br)c(N)c2)CC1. The van der Waals surface area contributed by atoms with Crippen molar-refractivity contribution >= 4 is 27.5 Å². The zero-order chi connectivity index (χ0) is 14.5. The fourth-order valence-corrected chi connectivity index (χ4v) is 2.65. The third-order valence-electron chi connectivity index (χ3n) is 3.85. The summed E-state index contributed by atoms with van der Waals surface area (Å²) in [6, 6.07) is 5.27. The van der Waals surface area contributed by atoms with Crippen LogP contribution >= 0.6 is 15.9 Å². The van der Waals surface area contributed by atoms with Gasteiger partial charge in [-0.25, -0.2) is 0 Å². The zero-order valence-corrected chi connectivity index (χ0v) is 13.4. The Kier molecular flexibility index (Phi) is 5.43. The van der Waals surface area contributed by atoms with Gasteiger partial charge in [0.15, 0.2) is 0 Å². The van der Waals surface area contributed by atoms with E-state index in [1.165, 1.54) is 12.8 Å². The highest BCUT2D eigenvalue weighted by Gasteiger charge is 2.15. The number of halogens is 1. The highest BCUT2D eigenvalue weighted by Crippen LogP contribution is 2.20. The quantitative estimate of drug-likeness (QED) is 0.828. The standard InChI is InChI=1S/C15H22BrN3O/c1-11-4-7-19(8-5-11)9-6-18-15(20)12-2-3-13(16)14(17)10-12/h2-3,10-11H,4-9,17H2,1H3,(H,18,20). The van der Waals surface area contributed by atoms with Gasteiger partial charge in [0.2, 0.25) is 0 Å². The van der Waals surface area contributed by atoms with Crippen LogP contribution in [0.1, 0.15) is 30.1 Å². The van der Waals surface area contributed by atoms with Gasteiger partial charge < -0.3 is 16.0 Å². The number of nitrogen functional groups attached to an aromatic ring is 1. The van der Waals surface area contributed by atoms with Crippen molar-refractivity contribution in [2.45, 2.75) is 19.8 Å². The topological polar surface area (TPSA) is 58.4 Å². The van der Waals surface area contributed by atoms with Crippen molar-refractivity contribution in [2.75, 3.05) is 31.9 Å². The molecule has 2 rings (SSSR count). The Hall–Kier alpha value is -1.07. The number of amides is 1. The Labute approximate surface area is 128 Å². The molecule has 1 aliphatic heterocycles. The van der Waals surface area contributed by atoms with Gasteiger partial charge in [-0.15, -0.1) is 0 Å². The van der Waals surface area contributed by atoms with Crippen LogP contribution in [-0.4, -0.2) is 37.0 Å². The van der Waals surface area contributed by atoms with Crippen molar-refractivity contribution in [1.82, 2.24) is 10.2 Å². The molecule has 0 aromatic heterocycles. The molecule has 0 radical (unpaired) electrons. The van der Waals surface area contributed by atoms with E-state index in [0.29, 0.717) is 17.8 Å². The van der Waals surface area contributed by atoms with Crippen molar-refractivity contribution in [3.63, 3.8) is 0 Å². The molecule has 20 heavy (non-hydrogen) atoms. The number of hydrogen-bond acceptors (Lipinski definition) is 3. The lowest BCUT2D eigenvalue weighted by molar-refractivity contribution is 0.0944. The summed E-state index contributed by atoms with van der Waals surface area (Å²) < 4.78 is 0.816. The van der Waals surface area contributed by atoms with Crippen LogP contribution in [0.5, 0.6) is 0 Å². The minimum Gasteiger partial charge on any atom is -0.398 e. The van der Waals surface area contributed by atoms with E-state index in [2.05, 4.69) is 33.1 Å². The number of nitrogens with zero attached hydrogens (tertiary/aromatic N) is 1. The number of nitrogens with one attached hydrogen (secondary N) is 1. The van der Waals surface area contributed by atoms with Crippen LogP contribution in [0.25, 0.3) is 0 Å². The van der Waals surface area contributed by atoms with Crippen LogP contribution in [0, 0.1) is 5.92 Å². The number of nitrogens with two attached hydrogens (primary N) is 1. The number of likely N-dealkylation sites (tertiary alicyclic amines) is 1. The van der Waals surface area contributed by atoms with Gasteiger partial charge in [0.1, 0.15) is 0 Å². The molecule has 0 spiro atoms. The smallest absolute Gasteiger partial charge is 0.251 e. The van der Waals surface area contributed by atoms with Crippen molar-refractivity contribution in [2.24, 2.45) is 5.92 Å². The first-order valence-corrected chi connectivity index (χ1v) is 7.91. The monoisotopic (exact) mass is 339 g/mol. The molecule has 4 nitrogen and oxygen atoms in total. The second-order valence-corrected chi connectivity index (χ2v) is 6.37. The summed E-state index contributed by atoms with van der Waals surface area (Å²) in [6.45, 7) is 6.19. The molecule has 0 unspecified atom stereocenters. The summed E-state index contributed by atoms with van der Waals surface area (Å²) in [6.07, 6.45) is 2.52. The zero-order valence-electron chi connectivity index (χ0n) is 11.9. The molecular weight excluding hydrogens is 318 g/mol. The van der Waals surface area contributed by atoms with Gasteiger partial charge in [0.05, 0.1) is 0 Å². The molecular formula is C15H22BrN3O. The van der Waals surface area contributed by atoms with Crippen molar-refractivity contribution in [3.8, 4) is 0 Å². The summed E-state index contributed by atoms with van der Waals surface area (Å²) >= 11 is 3.32. The van der Waals surface area contributed by atoms with Crippen molar-refractivity contribution < 1.29 is 4.79 Å². The average Bonchev–Trinajstić information content (AvgIpc) is 2.44. The third-order valence-corrected chi connectivity index (χ3v) is 4.57. The molecule has 1 aliphatic rings. The number of carbonyl (C=O) groups excluding carboxylic acids is 1. The van der Waals surface area contributed by atoms with Gasteiger partial charge in [-0.3, -0.25) is 4.79 Å². The minimum absolute atomic E-state index is 0.0606. The Balaban J connectivity index is 1.76. The van der Waals surface area contributed by atoms with Crippen LogP contribution in [0.3, 0.4) is 0 Å². The maximum Gasteiger partial charge on any atom is 0.251 e. The van der Waals surface area contributed by atoms with E-state index in [1.807, 2.05) is 0 Å². The Morgan fingerprint density at radius 2 is 2.15 bits per heavy atom. The van der Waals surface area contributed by atoms with Crippen LogP contribution in [-0.2, 0) is 0 Å². The molecule has 1 aromatic rings. The van der Waals surface area contributed by atoms with E-state index in [0.717, 1.165) is 30.0 Å². The molecule has 1 saturated heterocycles. The van der Waals surface area contributed by atoms with Crippen LogP contribution in [0.15, 0.2) is 22.7 Å². The minimum atomic E-state index is -0.0606. The van der Waals surface area contributed by atoms with Crippen molar-refractivity contribution in [3.05, 3.63) is 28.2 Å². The van der Waals surface area contributed by atoms with Gasteiger partial charge in [-0.05, 0) is 66.0 Å².